The first-order valence-electron chi connectivity index (χ1n) is 12.5. The van der Waals surface area contributed by atoms with E-state index in [0.717, 1.165) is 33.3 Å². The van der Waals surface area contributed by atoms with Crippen molar-refractivity contribution in [1.82, 2.24) is 9.97 Å². The number of para-hydroxylation sites is 1. The van der Waals surface area contributed by atoms with Crippen LogP contribution in [-0.2, 0) is 0 Å². The second-order valence-electron chi connectivity index (χ2n) is 11.4. The highest BCUT2D eigenvalue weighted by molar-refractivity contribution is 7.02. The van der Waals surface area contributed by atoms with Gasteiger partial charge in [0.05, 0.1) is 13.6 Å². The first-order valence-corrected chi connectivity index (χ1v) is 18.9. The van der Waals surface area contributed by atoms with E-state index in [9.17, 15) is 0 Å². The number of furan rings is 1. The maximum absolute atomic E-state index is 6.57. The van der Waals surface area contributed by atoms with Crippen molar-refractivity contribution in [3.8, 4) is 11.4 Å². The second-order valence-corrected chi connectivity index (χ2v) is 20.9. The molecular weight excluding hydrogens is 461 g/mol. The van der Waals surface area contributed by atoms with Crippen LogP contribution in [0.2, 0.25) is 38.3 Å². The van der Waals surface area contributed by atoms with Gasteiger partial charge in [-0.3, -0.25) is 0 Å². The van der Waals surface area contributed by atoms with Gasteiger partial charge in [0.1, 0.15) is 19.2 Å². The summed E-state index contributed by atoms with van der Waals surface area (Å²) in [6, 6.07) is 26.5. The monoisotopic (exact) mass is 488 g/mol. The van der Waals surface area contributed by atoms with Crippen molar-refractivity contribution in [2.45, 2.75) is 38.3 Å². The molecule has 0 atom stereocenters. The van der Waals surface area contributed by atoms with Crippen molar-refractivity contribution in [2.24, 2.45) is 0 Å². The maximum Gasteiger partial charge on any atom is 0.162 e. The largest absolute Gasteiger partial charge is 0.455 e. The molecule has 4 aromatic carbocycles. The van der Waals surface area contributed by atoms with Crippen LogP contribution in [0.25, 0.3) is 54.9 Å². The van der Waals surface area contributed by atoms with Crippen LogP contribution in [0.15, 0.2) is 77.3 Å². The van der Waals surface area contributed by atoms with Crippen LogP contribution < -0.4 is 10.5 Å². The van der Waals surface area contributed by atoms with Gasteiger partial charge in [-0.25, -0.2) is 9.97 Å². The minimum Gasteiger partial charge on any atom is -0.455 e. The third-order valence-corrected chi connectivity index (χ3v) is 15.4. The third kappa shape index (κ3) is 3.08. The predicted octanol–water partition coefficient (Wildman–Crippen LogP) is 7.19. The summed E-state index contributed by atoms with van der Waals surface area (Å²) in [6.45, 7) is 9.85. The molecule has 5 heteroatoms. The molecule has 35 heavy (non-hydrogen) atoms. The molecule has 0 radical (unpaired) electrons. The molecule has 1 aliphatic heterocycles. The van der Waals surface area contributed by atoms with Gasteiger partial charge in [0.2, 0.25) is 0 Å². The molecule has 1 aliphatic rings. The predicted molar refractivity (Wildman–Crippen MR) is 154 cm³/mol. The summed E-state index contributed by atoms with van der Waals surface area (Å²) in [4.78, 5) is 10.2. The van der Waals surface area contributed by atoms with Gasteiger partial charge in [-0.2, -0.15) is 0 Å². The van der Waals surface area contributed by atoms with Crippen LogP contribution in [0.1, 0.15) is 0 Å². The molecular formula is C30H28N2OSi2. The highest BCUT2D eigenvalue weighted by Gasteiger charge is 2.41. The molecule has 0 fully saturated rings. The lowest BCUT2D eigenvalue weighted by Crippen LogP contribution is -2.65. The molecule has 0 amide bonds. The fourth-order valence-electron chi connectivity index (χ4n) is 5.88. The van der Waals surface area contributed by atoms with Crippen LogP contribution in [0, 0.1) is 0 Å². The number of rotatable bonds is 1. The first-order chi connectivity index (χ1) is 16.8. The first kappa shape index (κ1) is 21.0. The van der Waals surface area contributed by atoms with Crippen molar-refractivity contribution in [2.75, 3.05) is 0 Å². The summed E-state index contributed by atoms with van der Waals surface area (Å²) in [5.41, 5.74) is 2.79. The number of nitrogens with zero attached hydrogens (tertiary/aromatic N) is 2. The van der Waals surface area contributed by atoms with Crippen LogP contribution in [0.5, 0.6) is 0 Å². The lowest BCUT2D eigenvalue weighted by atomic mass is 10.00. The van der Waals surface area contributed by atoms with E-state index in [2.05, 4.69) is 99.1 Å². The topological polar surface area (TPSA) is 38.9 Å². The lowest BCUT2D eigenvalue weighted by molar-refractivity contribution is 0.670. The molecule has 7 rings (SSSR count). The number of hydrogen-bond acceptors (Lipinski definition) is 3. The fourth-order valence-corrected chi connectivity index (χ4v) is 15.7. The summed E-state index contributed by atoms with van der Waals surface area (Å²) >= 11 is 0. The Hall–Kier alpha value is -3.29. The average molecular weight is 489 g/mol. The van der Waals surface area contributed by atoms with E-state index in [1.165, 1.54) is 44.1 Å². The molecule has 0 spiro atoms. The molecule has 2 aromatic heterocycles. The zero-order valence-corrected chi connectivity index (χ0v) is 22.6. The van der Waals surface area contributed by atoms with Gasteiger partial charge in [-0.1, -0.05) is 86.8 Å². The molecule has 0 bridgehead atoms. The fraction of sp³-hybridized carbons (Fsp3) is 0.200. The molecule has 0 unspecified atom stereocenters. The van der Waals surface area contributed by atoms with Gasteiger partial charge < -0.3 is 4.42 Å². The second kappa shape index (κ2) is 7.12. The molecule has 6 aromatic rings. The van der Waals surface area contributed by atoms with Gasteiger partial charge in [-0.05, 0) is 44.9 Å². The minimum atomic E-state index is -1.57. The van der Waals surface area contributed by atoms with E-state index in [-0.39, 0.29) is 0 Å². The Morgan fingerprint density at radius 3 is 2.37 bits per heavy atom. The molecule has 172 valence electrons. The van der Waals surface area contributed by atoms with Crippen molar-refractivity contribution in [3.05, 3.63) is 72.9 Å². The van der Waals surface area contributed by atoms with E-state index in [1.807, 2.05) is 0 Å². The quantitative estimate of drug-likeness (QED) is 0.181. The Morgan fingerprint density at radius 2 is 1.49 bits per heavy atom. The van der Waals surface area contributed by atoms with Gasteiger partial charge >= 0.3 is 0 Å². The summed E-state index contributed by atoms with van der Waals surface area (Å²) < 4.78 is 6.57. The molecule has 0 N–H and O–H groups in total. The van der Waals surface area contributed by atoms with Crippen molar-refractivity contribution < 1.29 is 4.42 Å². The summed E-state index contributed by atoms with van der Waals surface area (Å²) in [5, 5.41) is 10.1. The zero-order valence-electron chi connectivity index (χ0n) is 20.6. The highest BCUT2D eigenvalue weighted by Crippen LogP contribution is 2.38. The smallest absolute Gasteiger partial charge is 0.162 e. The normalized spacial score (nSPS) is 16.8. The Balaban J connectivity index is 1.48. The van der Waals surface area contributed by atoms with Gasteiger partial charge in [0.25, 0.3) is 0 Å². The molecule has 3 nitrogen and oxygen atoms in total. The zero-order chi connectivity index (χ0) is 23.9. The summed E-state index contributed by atoms with van der Waals surface area (Å²) in [5.74, 6) is 0.802. The number of fused-ring (bicyclic) bond motifs is 7. The van der Waals surface area contributed by atoms with E-state index >= 15 is 0 Å². The van der Waals surface area contributed by atoms with Crippen molar-refractivity contribution in [3.63, 3.8) is 0 Å². The van der Waals surface area contributed by atoms with Gasteiger partial charge in [0, 0.05) is 22.3 Å². The average Bonchev–Trinajstić information content (AvgIpc) is 3.23. The van der Waals surface area contributed by atoms with Crippen LogP contribution in [0.3, 0.4) is 0 Å². The number of aromatic nitrogens is 2. The highest BCUT2D eigenvalue weighted by atomic mass is 28.3. The van der Waals surface area contributed by atoms with Crippen LogP contribution in [0.4, 0.5) is 0 Å². The minimum absolute atomic E-state index is 0.802. The SMILES string of the molecule is C[Si]1(C)CC[Si](C)(C)c2nc(-c3cccc4c3oc3cc5c(ccc6ccccc65)cc34)ncc21. The third-order valence-electron chi connectivity index (χ3n) is 8.14. The van der Waals surface area contributed by atoms with Gasteiger partial charge in [0.15, 0.2) is 5.82 Å². The number of benzene rings is 4. The standard InChI is InChI=1S/C30H28N2OSi2/c1-34(2)14-15-35(3,4)30-27(34)18-31-29(32-30)23-11-7-10-22-25-16-20-13-12-19-8-5-6-9-21(19)24(20)17-26(25)33-28(22)23/h5-13,16-18H,14-15H2,1-4H3. The Labute approximate surface area is 206 Å². The Bertz CT molecular complexity index is 1820. The maximum atomic E-state index is 6.57. The Kier molecular flexibility index (Phi) is 4.28. The summed E-state index contributed by atoms with van der Waals surface area (Å²) in [6.07, 6.45) is 2.15. The summed E-state index contributed by atoms with van der Waals surface area (Å²) in [7, 11) is -3.04. The van der Waals surface area contributed by atoms with Crippen molar-refractivity contribution >= 4 is 70.1 Å². The molecule has 0 aliphatic carbocycles. The molecule has 0 saturated heterocycles. The van der Waals surface area contributed by atoms with E-state index in [0.29, 0.717) is 0 Å². The lowest BCUT2D eigenvalue weighted by Gasteiger charge is -2.38. The Morgan fingerprint density at radius 1 is 0.714 bits per heavy atom. The molecule has 0 saturated carbocycles. The molecule has 3 heterocycles. The van der Waals surface area contributed by atoms with E-state index in [4.69, 9.17) is 14.4 Å². The van der Waals surface area contributed by atoms with Gasteiger partial charge in [-0.15, -0.1) is 0 Å². The van der Waals surface area contributed by atoms with Crippen LogP contribution in [-0.4, -0.2) is 26.1 Å². The van der Waals surface area contributed by atoms with E-state index in [1.54, 1.807) is 0 Å². The van der Waals surface area contributed by atoms with Crippen molar-refractivity contribution in [1.29, 1.82) is 0 Å². The van der Waals surface area contributed by atoms with Crippen LogP contribution >= 0.6 is 0 Å². The van der Waals surface area contributed by atoms with E-state index < -0.39 is 16.1 Å². The number of hydrogen-bond donors (Lipinski definition) is 0.